The molecule has 0 fully saturated rings. The lowest BCUT2D eigenvalue weighted by Crippen LogP contribution is -2.35. The van der Waals surface area contributed by atoms with E-state index in [4.69, 9.17) is 18.7 Å². The van der Waals surface area contributed by atoms with Gasteiger partial charge in [-0.3, -0.25) is 0 Å². The van der Waals surface area contributed by atoms with Crippen LogP contribution in [-0.4, -0.2) is 53.2 Å². The first-order chi connectivity index (χ1) is 12.9. The van der Waals surface area contributed by atoms with Crippen LogP contribution < -0.4 is 4.90 Å². The summed E-state index contributed by atoms with van der Waals surface area (Å²) in [6, 6.07) is 6.73. The van der Waals surface area contributed by atoms with Gasteiger partial charge in [0.1, 0.15) is 0 Å². The molecule has 0 aliphatic rings. The second-order valence-electron chi connectivity index (χ2n) is 7.87. The third-order valence-electron chi connectivity index (χ3n) is 4.04. The van der Waals surface area contributed by atoms with Gasteiger partial charge in [0.05, 0.1) is 39.6 Å². The molecule has 6 heteroatoms. The van der Waals surface area contributed by atoms with Crippen LogP contribution in [-0.2, 0) is 31.8 Å². The summed E-state index contributed by atoms with van der Waals surface area (Å²) in [5, 5.41) is 0. The van der Waals surface area contributed by atoms with Crippen LogP contribution in [0.4, 0.5) is 5.69 Å². The van der Waals surface area contributed by atoms with Crippen molar-refractivity contribution in [3.63, 3.8) is 0 Å². The molecule has 0 radical (unpaired) electrons. The lowest BCUT2D eigenvalue weighted by atomic mass is 9.95. The van der Waals surface area contributed by atoms with Crippen LogP contribution in [0, 0.1) is 5.41 Å². The first-order valence-corrected chi connectivity index (χ1v) is 10.2. The highest BCUT2D eigenvalue weighted by atomic mass is 31.0. The summed E-state index contributed by atoms with van der Waals surface area (Å²) in [5.74, 6) is 0. The summed E-state index contributed by atoms with van der Waals surface area (Å²) < 4.78 is 21.4. The molecule has 0 saturated carbocycles. The zero-order chi connectivity index (χ0) is 20.1. The van der Waals surface area contributed by atoms with E-state index in [1.807, 2.05) is 0 Å². The van der Waals surface area contributed by atoms with Crippen LogP contribution in [0.25, 0.3) is 0 Å². The Morgan fingerprint density at radius 3 is 2.15 bits per heavy atom. The van der Waals surface area contributed by atoms with Gasteiger partial charge in [0.15, 0.2) is 0 Å². The maximum Gasteiger partial charge on any atom is 0.0753 e. The van der Waals surface area contributed by atoms with Crippen molar-refractivity contribution in [3.05, 3.63) is 29.3 Å². The molecule has 1 aromatic rings. The van der Waals surface area contributed by atoms with Crippen molar-refractivity contribution in [1.82, 2.24) is 0 Å². The number of nitrogens with zero attached hydrogens (tertiary/aromatic N) is 1. The van der Waals surface area contributed by atoms with E-state index >= 15 is 0 Å². The Morgan fingerprint density at radius 2 is 1.56 bits per heavy atom. The van der Waals surface area contributed by atoms with Crippen LogP contribution in [0.1, 0.15) is 38.8 Å². The average Bonchev–Trinajstić information content (AvgIpc) is 2.62. The van der Waals surface area contributed by atoms with Crippen molar-refractivity contribution >= 4 is 15.2 Å². The molecule has 0 spiro atoms. The molecule has 1 atom stereocenters. The van der Waals surface area contributed by atoms with Crippen LogP contribution in [0.2, 0.25) is 0 Å². The first-order valence-electron chi connectivity index (χ1n) is 9.73. The topological polar surface area (TPSA) is 40.2 Å². The first kappa shape index (κ1) is 24.3. The molecule has 27 heavy (non-hydrogen) atoms. The molecule has 0 bridgehead atoms. The monoisotopic (exact) mass is 399 g/mol. The van der Waals surface area contributed by atoms with Gasteiger partial charge >= 0.3 is 0 Å². The van der Waals surface area contributed by atoms with Gasteiger partial charge in [0.25, 0.3) is 0 Å². The highest BCUT2D eigenvalue weighted by Crippen LogP contribution is 2.25. The second kappa shape index (κ2) is 13.5. The Morgan fingerprint density at radius 1 is 0.926 bits per heavy atom. The Balaban J connectivity index is 2.67. The number of hydrogen-bond acceptors (Lipinski definition) is 5. The quantitative estimate of drug-likeness (QED) is 0.348. The van der Waals surface area contributed by atoms with Crippen molar-refractivity contribution in [1.29, 1.82) is 0 Å². The highest BCUT2D eigenvalue weighted by molar-refractivity contribution is 7.09. The Hall–Kier alpha value is -0.710. The Labute approximate surface area is 168 Å². The van der Waals surface area contributed by atoms with E-state index < -0.39 is 0 Å². The molecule has 1 rings (SSSR count). The molecular formula is C21H38NO4P. The van der Waals surface area contributed by atoms with Crippen molar-refractivity contribution in [2.24, 2.45) is 5.41 Å². The van der Waals surface area contributed by atoms with E-state index in [0.717, 1.165) is 19.5 Å². The van der Waals surface area contributed by atoms with Crippen LogP contribution in [0.15, 0.2) is 18.2 Å². The van der Waals surface area contributed by atoms with E-state index in [1.54, 1.807) is 7.11 Å². The lowest BCUT2D eigenvalue weighted by Gasteiger charge is -2.32. The van der Waals surface area contributed by atoms with E-state index in [-0.39, 0.29) is 5.41 Å². The van der Waals surface area contributed by atoms with E-state index in [9.17, 15) is 0 Å². The minimum absolute atomic E-state index is 0.197. The third kappa shape index (κ3) is 11.0. The molecule has 0 heterocycles. The molecule has 5 nitrogen and oxygen atoms in total. The summed E-state index contributed by atoms with van der Waals surface area (Å²) in [6.45, 7) is 14.5. The maximum absolute atomic E-state index is 5.78. The molecule has 156 valence electrons. The van der Waals surface area contributed by atoms with Gasteiger partial charge in [-0.25, -0.2) is 0 Å². The molecule has 0 aliphatic heterocycles. The van der Waals surface area contributed by atoms with E-state index in [2.05, 4.69) is 60.3 Å². The molecule has 0 saturated heterocycles. The molecule has 0 aliphatic carbocycles. The standard InChI is InChI=1S/C21H38NO4P/c1-6-18-13-19(16-26-27)15-20(14-18)22(17-21(2,3)4)7-8-24-11-12-25-10-9-23-5/h13-15H,6-12,16-17,27H2,1-5H3. The molecule has 1 unspecified atom stereocenters. The average molecular weight is 400 g/mol. The number of aryl methyl sites for hydroxylation is 1. The summed E-state index contributed by atoms with van der Waals surface area (Å²) in [5.41, 5.74) is 3.96. The lowest BCUT2D eigenvalue weighted by molar-refractivity contribution is 0.0263. The number of methoxy groups -OCH3 is 1. The molecule has 0 amide bonds. The molecule has 0 N–H and O–H groups in total. The van der Waals surface area contributed by atoms with Gasteiger partial charge < -0.3 is 23.6 Å². The van der Waals surface area contributed by atoms with Crippen molar-refractivity contribution in [3.8, 4) is 0 Å². The van der Waals surface area contributed by atoms with Crippen molar-refractivity contribution in [2.45, 2.75) is 40.7 Å². The van der Waals surface area contributed by atoms with Crippen LogP contribution in [0.3, 0.4) is 0 Å². The Bertz CT molecular complexity index is 519. The van der Waals surface area contributed by atoms with Gasteiger partial charge in [0.2, 0.25) is 0 Å². The maximum atomic E-state index is 5.78. The predicted octanol–water partition coefficient (Wildman–Crippen LogP) is 4.09. The third-order valence-corrected chi connectivity index (χ3v) is 4.20. The van der Waals surface area contributed by atoms with Crippen LogP contribution in [0.5, 0.6) is 0 Å². The number of ether oxygens (including phenoxy) is 3. The van der Waals surface area contributed by atoms with E-state index in [1.165, 1.54) is 16.8 Å². The van der Waals surface area contributed by atoms with Gasteiger partial charge in [-0.2, -0.15) is 0 Å². The van der Waals surface area contributed by atoms with Gasteiger partial charge in [-0.15, -0.1) is 0 Å². The zero-order valence-electron chi connectivity index (χ0n) is 17.8. The SMILES string of the molecule is CCc1cc(COP)cc(N(CCOCCOCCOC)CC(C)(C)C)c1. The summed E-state index contributed by atoms with van der Waals surface area (Å²) >= 11 is 0. The normalized spacial score (nSPS) is 11.8. The highest BCUT2D eigenvalue weighted by Gasteiger charge is 2.18. The predicted molar refractivity (Wildman–Crippen MR) is 116 cm³/mol. The van der Waals surface area contributed by atoms with E-state index in [0.29, 0.717) is 39.6 Å². The second-order valence-corrected chi connectivity index (χ2v) is 8.21. The smallest absolute Gasteiger partial charge is 0.0753 e. The molecule has 0 aromatic heterocycles. The number of hydrogen-bond donors (Lipinski definition) is 0. The fourth-order valence-electron chi connectivity index (χ4n) is 2.82. The zero-order valence-corrected chi connectivity index (χ0v) is 18.9. The van der Waals surface area contributed by atoms with Gasteiger partial charge in [0, 0.05) is 35.4 Å². The number of benzene rings is 1. The summed E-state index contributed by atoms with van der Waals surface area (Å²) in [4.78, 5) is 2.41. The minimum atomic E-state index is 0.197. The molecular weight excluding hydrogens is 361 g/mol. The van der Waals surface area contributed by atoms with Crippen molar-refractivity contribution in [2.75, 3.05) is 58.1 Å². The fourth-order valence-corrected chi connectivity index (χ4v) is 3.01. The molecule has 1 aromatic carbocycles. The summed E-state index contributed by atoms with van der Waals surface area (Å²) in [6.07, 6.45) is 1.01. The van der Waals surface area contributed by atoms with Gasteiger partial charge in [-0.05, 0) is 35.1 Å². The van der Waals surface area contributed by atoms with Gasteiger partial charge in [-0.1, -0.05) is 33.8 Å². The Kier molecular flexibility index (Phi) is 12.1. The fraction of sp³-hybridized carbons (Fsp3) is 0.714. The number of anilines is 1. The largest absolute Gasteiger partial charge is 0.382 e. The number of rotatable bonds is 14. The summed E-state index contributed by atoms with van der Waals surface area (Å²) in [7, 11) is 4.01. The van der Waals surface area contributed by atoms with Crippen LogP contribution >= 0.6 is 9.47 Å². The van der Waals surface area contributed by atoms with Crippen molar-refractivity contribution < 1.29 is 18.7 Å². The minimum Gasteiger partial charge on any atom is -0.382 e.